The normalized spacial score (nSPS) is 10.0. The van der Waals surface area contributed by atoms with Crippen molar-refractivity contribution in [3.05, 3.63) is 35.6 Å². The van der Waals surface area contributed by atoms with Gasteiger partial charge in [-0.3, -0.25) is 4.79 Å². The minimum absolute atomic E-state index is 0.119. The predicted molar refractivity (Wildman–Crippen MR) is 58.3 cm³/mol. The molecule has 0 radical (unpaired) electrons. The van der Waals surface area contributed by atoms with Crippen molar-refractivity contribution in [2.75, 3.05) is 6.54 Å². The summed E-state index contributed by atoms with van der Waals surface area (Å²) in [5.74, 6) is -0.797. The Balaban J connectivity index is 2.44. The van der Waals surface area contributed by atoms with Crippen LogP contribution in [0.4, 0.5) is 4.39 Å². The van der Waals surface area contributed by atoms with Crippen LogP contribution in [0, 0.1) is 5.82 Å². The first-order chi connectivity index (χ1) is 7.25. The highest BCUT2D eigenvalue weighted by atomic mass is 19.1. The molecule has 1 N–H and O–H groups in total. The molecule has 1 aromatic rings. The summed E-state index contributed by atoms with van der Waals surface area (Å²) in [7, 11) is 0. The third-order valence-corrected chi connectivity index (χ3v) is 2.18. The van der Waals surface area contributed by atoms with Crippen molar-refractivity contribution in [3.8, 4) is 0 Å². The van der Waals surface area contributed by atoms with E-state index >= 15 is 0 Å². The molecule has 0 heterocycles. The fourth-order valence-corrected chi connectivity index (χ4v) is 1.32. The third kappa shape index (κ3) is 3.70. The minimum Gasteiger partial charge on any atom is -0.352 e. The van der Waals surface area contributed by atoms with Gasteiger partial charge in [-0.15, -0.1) is 0 Å². The summed E-state index contributed by atoms with van der Waals surface area (Å²) in [6.45, 7) is 2.71. The smallest absolute Gasteiger partial charge is 0.254 e. The molecule has 1 rings (SSSR count). The van der Waals surface area contributed by atoms with Crippen LogP contribution in [0.5, 0.6) is 0 Å². The van der Waals surface area contributed by atoms with Crippen molar-refractivity contribution in [2.45, 2.75) is 26.2 Å². The number of carbonyl (C=O) groups is 1. The van der Waals surface area contributed by atoms with Crippen molar-refractivity contribution in [3.63, 3.8) is 0 Å². The zero-order valence-corrected chi connectivity index (χ0v) is 8.92. The van der Waals surface area contributed by atoms with Gasteiger partial charge in [-0.1, -0.05) is 31.9 Å². The summed E-state index contributed by atoms with van der Waals surface area (Å²) in [6.07, 6.45) is 3.13. The summed E-state index contributed by atoms with van der Waals surface area (Å²) in [6, 6.07) is 6.01. The molecule has 82 valence electrons. The fraction of sp³-hybridized carbons (Fsp3) is 0.417. The van der Waals surface area contributed by atoms with Crippen LogP contribution in [0.2, 0.25) is 0 Å². The van der Waals surface area contributed by atoms with E-state index in [-0.39, 0.29) is 11.5 Å². The average molecular weight is 209 g/mol. The highest BCUT2D eigenvalue weighted by Gasteiger charge is 2.08. The van der Waals surface area contributed by atoms with E-state index in [1.165, 1.54) is 12.1 Å². The van der Waals surface area contributed by atoms with Gasteiger partial charge in [-0.2, -0.15) is 0 Å². The van der Waals surface area contributed by atoms with Crippen LogP contribution in [0.1, 0.15) is 36.5 Å². The van der Waals surface area contributed by atoms with Crippen LogP contribution in [-0.2, 0) is 0 Å². The molecule has 1 amide bonds. The number of rotatable bonds is 5. The summed E-state index contributed by atoms with van der Waals surface area (Å²) >= 11 is 0. The number of unbranched alkanes of at least 4 members (excludes halogenated alkanes) is 2. The number of halogens is 1. The van der Waals surface area contributed by atoms with E-state index in [0.29, 0.717) is 6.54 Å². The van der Waals surface area contributed by atoms with Crippen LogP contribution in [-0.4, -0.2) is 12.5 Å². The molecule has 0 bridgehead atoms. The molecule has 0 saturated heterocycles. The molecule has 0 spiro atoms. The summed E-state index contributed by atoms with van der Waals surface area (Å²) in [4.78, 5) is 11.5. The van der Waals surface area contributed by atoms with Crippen LogP contribution < -0.4 is 5.32 Å². The molecule has 15 heavy (non-hydrogen) atoms. The first-order valence-corrected chi connectivity index (χ1v) is 5.28. The molecule has 0 fully saturated rings. The lowest BCUT2D eigenvalue weighted by Crippen LogP contribution is -2.25. The Labute approximate surface area is 89.5 Å². The molecule has 0 unspecified atom stereocenters. The number of hydrogen-bond acceptors (Lipinski definition) is 1. The van der Waals surface area contributed by atoms with Gasteiger partial charge in [0.2, 0.25) is 0 Å². The molecule has 0 saturated carbocycles. The standard InChI is InChI=1S/C12H16FNO/c1-2-3-6-9-14-12(15)10-7-4-5-8-11(10)13/h4-5,7-8H,2-3,6,9H2,1H3,(H,14,15). The molecule has 0 aliphatic rings. The van der Waals surface area contributed by atoms with Crippen LogP contribution in [0.25, 0.3) is 0 Å². The fourth-order valence-electron chi connectivity index (χ4n) is 1.32. The van der Waals surface area contributed by atoms with E-state index in [9.17, 15) is 9.18 Å². The topological polar surface area (TPSA) is 29.1 Å². The largest absolute Gasteiger partial charge is 0.352 e. The van der Waals surface area contributed by atoms with Crippen molar-refractivity contribution >= 4 is 5.91 Å². The first kappa shape index (κ1) is 11.7. The lowest BCUT2D eigenvalue weighted by atomic mass is 10.2. The van der Waals surface area contributed by atoms with Crippen molar-refractivity contribution in [2.24, 2.45) is 0 Å². The van der Waals surface area contributed by atoms with E-state index < -0.39 is 5.82 Å². The van der Waals surface area contributed by atoms with Crippen molar-refractivity contribution in [1.29, 1.82) is 0 Å². The van der Waals surface area contributed by atoms with Crippen LogP contribution in [0.15, 0.2) is 24.3 Å². The molecule has 0 atom stereocenters. The third-order valence-electron chi connectivity index (χ3n) is 2.18. The maximum absolute atomic E-state index is 13.2. The quantitative estimate of drug-likeness (QED) is 0.742. The zero-order chi connectivity index (χ0) is 11.1. The molecule has 0 aromatic heterocycles. The van der Waals surface area contributed by atoms with Crippen molar-refractivity contribution < 1.29 is 9.18 Å². The Morgan fingerprint density at radius 3 is 2.73 bits per heavy atom. The lowest BCUT2D eigenvalue weighted by Gasteiger charge is -2.05. The Kier molecular flexibility index (Phi) is 4.81. The molecule has 0 aliphatic heterocycles. The van der Waals surface area contributed by atoms with Gasteiger partial charge in [0.1, 0.15) is 5.82 Å². The number of nitrogens with one attached hydrogen (secondary N) is 1. The minimum atomic E-state index is -0.467. The average Bonchev–Trinajstić information content (AvgIpc) is 2.25. The second-order valence-electron chi connectivity index (χ2n) is 3.44. The van der Waals surface area contributed by atoms with Gasteiger partial charge in [0.25, 0.3) is 5.91 Å². The monoisotopic (exact) mass is 209 g/mol. The Morgan fingerprint density at radius 2 is 2.07 bits per heavy atom. The molecule has 3 heteroatoms. The van der Waals surface area contributed by atoms with E-state index in [0.717, 1.165) is 19.3 Å². The Hall–Kier alpha value is -1.38. The maximum atomic E-state index is 13.2. The van der Waals surface area contributed by atoms with Gasteiger partial charge in [0.15, 0.2) is 0 Å². The predicted octanol–water partition coefficient (Wildman–Crippen LogP) is 2.75. The molecular weight excluding hydrogens is 193 g/mol. The second-order valence-corrected chi connectivity index (χ2v) is 3.44. The second kappa shape index (κ2) is 6.17. The van der Waals surface area contributed by atoms with E-state index in [2.05, 4.69) is 12.2 Å². The highest BCUT2D eigenvalue weighted by Crippen LogP contribution is 2.05. The highest BCUT2D eigenvalue weighted by molar-refractivity contribution is 5.94. The number of carbonyl (C=O) groups excluding carboxylic acids is 1. The molecule has 0 aliphatic carbocycles. The summed E-state index contributed by atoms with van der Waals surface area (Å²) in [5.41, 5.74) is 0.119. The van der Waals surface area contributed by atoms with Crippen LogP contribution >= 0.6 is 0 Å². The van der Waals surface area contributed by atoms with Crippen molar-refractivity contribution in [1.82, 2.24) is 5.32 Å². The lowest BCUT2D eigenvalue weighted by molar-refractivity contribution is 0.0949. The Bertz CT molecular complexity index is 325. The zero-order valence-electron chi connectivity index (χ0n) is 8.92. The maximum Gasteiger partial charge on any atom is 0.254 e. The van der Waals surface area contributed by atoms with Gasteiger partial charge in [-0.05, 0) is 18.6 Å². The van der Waals surface area contributed by atoms with E-state index in [4.69, 9.17) is 0 Å². The van der Waals surface area contributed by atoms with E-state index in [1.807, 2.05) is 0 Å². The van der Waals surface area contributed by atoms with Gasteiger partial charge >= 0.3 is 0 Å². The van der Waals surface area contributed by atoms with Gasteiger partial charge in [0.05, 0.1) is 5.56 Å². The Morgan fingerprint density at radius 1 is 1.33 bits per heavy atom. The molecule has 1 aromatic carbocycles. The SMILES string of the molecule is CCCCCNC(=O)c1ccccc1F. The number of benzene rings is 1. The van der Waals surface area contributed by atoms with Crippen LogP contribution in [0.3, 0.4) is 0 Å². The van der Waals surface area contributed by atoms with E-state index in [1.54, 1.807) is 12.1 Å². The first-order valence-electron chi connectivity index (χ1n) is 5.28. The molecule has 2 nitrogen and oxygen atoms in total. The number of amides is 1. The summed E-state index contributed by atoms with van der Waals surface area (Å²) in [5, 5.41) is 2.70. The van der Waals surface area contributed by atoms with Gasteiger partial charge in [-0.25, -0.2) is 4.39 Å². The number of hydrogen-bond donors (Lipinski definition) is 1. The van der Waals surface area contributed by atoms with Gasteiger partial charge < -0.3 is 5.32 Å². The summed E-state index contributed by atoms with van der Waals surface area (Å²) < 4.78 is 13.2. The van der Waals surface area contributed by atoms with Gasteiger partial charge in [0, 0.05) is 6.54 Å². The molecular formula is C12H16FNO.